The van der Waals surface area contributed by atoms with Gasteiger partial charge in [0.1, 0.15) is 0 Å². The van der Waals surface area contributed by atoms with E-state index >= 15 is 0 Å². The standard InChI is InChI=1S/C11H7NSSe/c1-2-4-8(5-3-1)11-10-9(6-14-11)12-7-13-10/h1-7H. The molecule has 0 radical (unpaired) electrons. The van der Waals surface area contributed by atoms with Crippen molar-refractivity contribution in [2.75, 3.05) is 0 Å². The van der Waals surface area contributed by atoms with Gasteiger partial charge in [-0.05, 0) is 0 Å². The van der Waals surface area contributed by atoms with Crippen molar-refractivity contribution in [2.45, 2.75) is 0 Å². The molecule has 14 heavy (non-hydrogen) atoms. The second-order valence-electron chi connectivity index (χ2n) is 3.00. The van der Waals surface area contributed by atoms with Gasteiger partial charge in [-0.2, -0.15) is 0 Å². The first-order chi connectivity index (χ1) is 6.95. The topological polar surface area (TPSA) is 12.9 Å². The minimum atomic E-state index is 0.469. The number of rotatable bonds is 1. The second kappa shape index (κ2) is 3.35. The van der Waals surface area contributed by atoms with Crippen LogP contribution >= 0.6 is 11.3 Å². The first-order valence-electron chi connectivity index (χ1n) is 4.31. The first-order valence-corrected chi connectivity index (χ1v) is 7.04. The number of aromatic nitrogens is 1. The van der Waals surface area contributed by atoms with Crippen LogP contribution in [0.4, 0.5) is 0 Å². The summed E-state index contributed by atoms with van der Waals surface area (Å²) in [6, 6.07) is 10.6. The third-order valence-electron chi connectivity index (χ3n) is 2.13. The molecule has 1 aromatic carbocycles. The SMILES string of the molecule is c1ccc(-c2[se]cc3ncsc23)cc1. The average Bonchev–Trinajstić information content (AvgIpc) is 2.79. The minimum absolute atomic E-state index is 0.469. The Morgan fingerprint density at radius 1 is 1.14 bits per heavy atom. The zero-order chi connectivity index (χ0) is 9.38. The molecule has 0 spiro atoms. The Kier molecular flexibility index (Phi) is 2.02. The predicted molar refractivity (Wildman–Crippen MR) is 62.0 cm³/mol. The molecule has 3 aromatic rings. The maximum absolute atomic E-state index is 4.33. The molecule has 0 N–H and O–H groups in total. The molecule has 1 nitrogen and oxygen atoms in total. The molecule has 68 valence electrons. The van der Waals surface area contributed by atoms with Crippen molar-refractivity contribution in [3.05, 3.63) is 40.8 Å². The molecule has 0 saturated carbocycles. The summed E-state index contributed by atoms with van der Waals surface area (Å²) in [7, 11) is 0. The zero-order valence-corrected chi connectivity index (χ0v) is 9.83. The van der Waals surface area contributed by atoms with E-state index < -0.39 is 0 Å². The summed E-state index contributed by atoms with van der Waals surface area (Å²) in [6.07, 6.45) is 0. The number of nitrogens with zero attached hydrogens (tertiary/aromatic N) is 1. The van der Waals surface area contributed by atoms with E-state index in [9.17, 15) is 0 Å². The molecule has 3 heteroatoms. The first kappa shape index (κ1) is 8.42. The number of benzene rings is 1. The summed E-state index contributed by atoms with van der Waals surface area (Å²) >= 11 is 2.22. The summed E-state index contributed by atoms with van der Waals surface area (Å²) < 4.78 is 2.85. The Labute approximate surface area is 91.8 Å². The van der Waals surface area contributed by atoms with E-state index in [1.807, 2.05) is 5.51 Å². The number of thiazole rings is 1. The van der Waals surface area contributed by atoms with Crippen LogP contribution in [0.3, 0.4) is 0 Å². The van der Waals surface area contributed by atoms with Crippen LogP contribution in [0.25, 0.3) is 20.2 Å². The van der Waals surface area contributed by atoms with Crippen molar-refractivity contribution in [3.63, 3.8) is 0 Å². The summed E-state index contributed by atoms with van der Waals surface area (Å²) in [5.74, 6) is 0. The van der Waals surface area contributed by atoms with Crippen molar-refractivity contribution in [1.82, 2.24) is 4.98 Å². The second-order valence-corrected chi connectivity index (χ2v) is 5.70. The third kappa shape index (κ3) is 1.25. The predicted octanol–water partition coefficient (Wildman–Crippen LogP) is 3.02. The van der Waals surface area contributed by atoms with E-state index in [1.165, 1.54) is 20.2 Å². The molecular weight excluding hydrogens is 257 g/mol. The Morgan fingerprint density at radius 2 is 2.00 bits per heavy atom. The van der Waals surface area contributed by atoms with Crippen LogP contribution in [-0.4, -0.2) is 19.5 Å². The van der Waals surface area contributed by atoms with Gasteiger partial charge in [0.05, 0.1) is 0 Å². The van der Waals surface area contributed by atoms with Crippen molar-refractivity contribution >= 4 is 36.1 Å². The number of fused-ring (bicyclic) bond motifs is 1. The van der Waals surface area contributed by atoms with Gasteiger partial charge in [0, 0.05) is 0 Å². The van der Waals surface area contributed by atoms with Gasteiger partial charge in [-0.3, -0.25) is 0 Å². The summed E-state index contributed by atoms with van der Waals surface area (Å²) in [4.78, 5) is 6.60. The molecule has 0 bridgehead atoms. The van der Waals surface area contributed by atoms with Crippen molar-refractivity contribution in [1.29, 1.82) is 0 Å². The monoisotopic (exact) mass is 265 g/mol. The third-order valence-corrected chi connectivity index (χ3v) is 5.41. The Bertz CT molecular complexity index is 553. The van der Waals surface area contributed by atoms with Gasteiger partial charge < -0.3 is 0 Å². The van der Waals surface area contributed by atoms with E-state index in [4.69, 9.17) is 0 Å². The van der Waals surface area contributed by atoms with Gasteiger partial charge in [-0.15, -0.1) is 0 Å². The molecule has 0 fully saturated rings. The van der Waals surface area contributed by atoms with Gasteiger partial charge in [-0.1, -0.05) is 0 Å². The Morgan fingerprint density at radius 3 is 2.86 bits per heavy atom. The summed E-state index contributed by atoms with van der Waals surface area (Å²) in [6.45, 7) is 0. The molecular formula is C11H7NSSe. The van der Waals surface area contributed by atoms with Crippen LogP contribution in [-0.2, 0) is 0 Å². The van der Waals surface area contributed by atoms with Gasteiger partial charge in [0.15, 0.2) is 0 Å². The van der Waals surface area contributed by atoms with Gasteiger partial charge in [-0.25, -0.2) is 0 Å². The molecule has 0 atom stereocenters. The maximum atomic E-state index is 4.33. The fourth-order valence-corrected chi connectivity index (χ4v) is 4.79. The Balaban J connectivity index is 2.28. The van der Waals surface area contributed by atoms with Crippen LogP contribution in [0.5, 0.6) is 0 Å². The molecule has 0 aliphatic heterocycles. The van der Waals surface area contributed by atoms with Crippen LogP contribution < -0.4 is 0 Å². The van der Waals surface area contributed by atoms with Crippen LogP contribution in [0.15, 0.2) is 40.8 Å². The molecule has 0 saturated heterocycles. The van der Waals surface area contributed by atoms with E-state index in [2.05, 4.69) is 40.3 Å². The number of hydrogen-bond donors (Lipinski definition) is 0. The summed E-state index contributed by atoms with van der Waals surface area (Å²) in [5, 5.41) is 0. The van der Waals surface area contributed by atoms with Crippen LogP contribution in [0.1, 0.15) is 0 Å². The normalized spacial score (nSPS) is 10.9. The van der Waals surface area contributed by atoms with Crippen molar-refractivity contribution in [3.8, 4) is 10.0 Å². The zero-order valence-electron chi connectivity index (χ0n) is 7.31. The molecule has 2 heterocycles. The van der Waals surface area contributed by atoms with Gasteiger partial charge in [0.2, 0.25) is 0 Å². The van der Waals surface area contributed by atoms with E-state index in [0.717, 1.165) is 0 Å². The van der Waals surface area contributed by atoms with Crippen molar-refractivity contribution < 1.29 is 0 Å². The summed E-state index contributed by atoms with van der Waals surface area (Å²) in [5.41, 5.74) is 4.47. The molecule has 0 unspecified atom stereocenters. The van der Waals surface area contributed by atoms with E-state index in [0.29, 0.717) is 14.5 Å². The quantitative estimate of drug-likeness (QED) is 0.616. The number of hydrogen-bond acceptors (Lipinski definition) is 2. The van der Waals surface area contributed by atoms with Gasteiger partial charge in [0.25, 0.3) is 0 Å². The molecule has 0 amide bonds. The molecule has 0 aliphatic rings. The fourth-order valence-electron chi connectivity index (χ4n) is 1.47. The van der Waals surface area contributed by atoms with E-state index in [-0.39, 0.29) is 0 Å². The Hall–Kier alpha value is -0.891. The average molecular weight is 264 g/mol. The van der Waals surface area contributed by atoms with Gasteiger partial charge >= 0.3 is 91.8 Å². The molecule has 3 rings (SSSR count). The van der Waals surface area contributed by atoms with Crippen LogP contribution in [0.2, 0.25) is 0 Å². The van der Waals surface area contributed by atoms with E-state index in [1.54, 1.807) is 11.3 Å². The van der Waals surface area contributed by atoms with Crippen LogP contribution in [0, 0.1) is 0 Å². The van der Waals surface area contributed by atoms with Crippen molar-refractivity contribution in [2.24, 2.45) is 0 Å². The molecule has 0 aliphatic carbocycles. The molecule has 2 aromatic heterocycles. The fraction of sp³-hybridized carbons (Fsp3) is 0.